The first-order valence-electron chi connectivity index (χ1n) is 6.70. The van der Waals surface area contributed by atoms with Crippen LogP contribution in [0.4, 0.5) is 10.1 Å². The van der Waals surface area contributed by atoms with Crippen molar-refractivity contribution in [2.45, 2.75) is 24.9 Å². The Morgan fingerprint density at radius 3 is 3.15 bits per heavy atom. The zero-order chi connectivity index (χ0) is 14.0. The fraction of sp³-hybridized carbons (Fsp3) is 0.429. The predicted molar refractivity (Wildman–Crippen MR) is 73.0 cm³/mol. The topological polar surface area (TPSA) is 62.7 Å². The number of benzene rings is 1. The molecule has 1 spiro atoms. The fourth-order valence-electron chi connectivity index (χ4n) is 2.58. The minimum atomic E-state index is -0.389. The van der Waals surface area contributed by atoms with E-state index in [2.05, 4.69) is 15.8 Å². The van der Waals surface area contributed by atoms with Crippen LogP contribution in [0.1, 0.15) is 19.3 Å². The summed E-state index contributed by atoms with van der Waals surface area (Å²) in [5.41, 5.74) is 0.394. The number of hydrogen-bond acceptors (Lipinski definition) is 4. The van der Waals surface area contributed by atoms with Gasteiger partial charge in [0.15, 0.2) is 5.60 Å². The van der Waals surface area contributed by atoms with Gasteiger partial charge in [-0.05, 0) is 37.6 Å². The molecule has 0 aromatic heterocycles. The maximum Gasteiger partial charge on any atom is 0.273 e. The number of rotatable bonds is 2. The number of oxime groups is 1. The van der Waals surface area contributed by atoms with Gasteiger partial charge in [-0.25, -0.2) is 4.39 Å². The molecular formula is C14H16FN3O2. The van der Waals surface area contributed by atoms with Gasteiger partial charge in [0.2, 0.25) is 0 Å². The lowest BCUT2D eigenvalue weighted by molar-refractivity contribution is -0.110. The third kappa shape index (κ3) is 2.65. The molecule has 6 heteroatoms. The molecule has 2 aliphatic rings. The van der Waals surface area contributed by atoms with Crippen molar-refractivity contribution in [1.82, 2.24) is 5.32 Å². The quantitative estimate of drug-likeness (QED) is 0.864. The van der Waals surface area contributed by atoms with Gasteiger partial charge in [-0.2, -0.15) is 0 Å². The number of halogens is 1. The summed E-state index contributed by atoms with van der Waals surface area (Å²) in [5.74, 6) is -0.724. The van der Waals surface area contributed by atoms with Crippen LogP contribution in [0.15, 0.2) is 29.4 Å². The number of hydrogen-bond donors (Lipinski definition) is 2. The number of carbonyl (C=O) groups is 1. The molecule has 106 valence electrons. The van der Waals surface area contributed by atoms with Crippen molar-refractivity contribution < 1.29 is 14.0 Å². The Bertz CT molecular complexity index is 553. The van der Waals surface area contributed by atoms with Gasteiger partial charge < -0.3 is 15.5 Å². The second kappa shape index (κ2) is 5.20. The maximum absolute atomic E-state index is 13.1. The molecule has 20 heavy (non-hydrogen) atoms. The van der Waals surface area contributed by atoms with E-state index in [4.69, 9.17) is 4.84 Å². The highest BCUT2D eigenvalue weighted by Crippen LogP contribution is 2.30. The van der Waals surface area contributed by atoms with Crippen molar-refractivity contribution >= 4 is 17.3 Å². The van der Waals surface area contributed by atoms with Crippen LogP contribution in [0.25, 0.3) is 0 Å². The zero-order valence-corrected chi connectivity index (χ0v) is 11.0. The first-order valence-corrected chi connectivity index (χ1v) is 6.70. The predicted octanol–water partition coefficient (Wildman–Crippen LogP) is 1.66. The smallest absolute Gasteiger partial charge is 0.273 e. The molecule has 0 bridgehead atoms. The second-order valence-electron chi connectivity index (χ2n) is 5.23. The molecule has 0 saturated carbocycles. The lowest BCUT2D eigenvalue weighted by atomic mass is 9.89. The van der Waals surface area contributed by atoms with Crippen LogP contribution in [0.2, 0.25) is 0 Å². The summed E-state index contributed by atoms with van der Waals surface area (Å²) in [6.45, 7) is 1.67. The molecule has 2 heterocycles. The monoisotopic (exact) mass is 277 g/mol. The molecule has 1 aromatic carbocycles. The van der Waals surface area contributed by atoms with Crippen molar-refractivity contribution in [3.05, 3.63) is 30.1 Å². The molecular weight excluding hydrogens is 261 g/mol. The fourth-order valence-corrected chi connectivity index (χ4v) is 2.58. The zero-order valence-electron chi connectivity index (χ0n) is 11.0. The summed E-state index contributed by atoms with van der Waals surface area (Å²) in [7, 11) is 0. The Balaban J connectivity index is 1.64. The standard InChI is InChI=1S/C14H16FN3O2/c15-10-3-1-4-11(7-10)17-13(19)12-8-14(20-18-12)5-2-6-16-9-14/h1,3-4,7,16H,2,5-6,8-9H2,(H,17,19)/t14-/m1/s1. The van der Waals surface area contributed by atoms with E-state index in [1.54, 1.807) is 12.1 Å². The molecule has 1 saturated heterocycles. The Hall–Kier alpha value is -1.95. The summed E-state index contributed by atoms with van der Waals surface area (Å²) >= 11 is 0. The number of carbonyl (C=O) groups excluding carboxylic acids is 1. The van der Waals surface area contributed by atoms with Crippen molar-refractivity contribution in [2.75, 3.05) is 18.4 Å². The van der Waals surface area contributed by atoms with E-state index in [0.717, 1.165) is 19.4 Å². The summed E-state index contributed by atoms with van der Waals surface area (Å²) in [5, 5.41) is 9.79. The largest absolute Gasteiger partial charge is 0.387 e. The lowest BCUT2D eigenvalue weighted by Gasteiger charge is -2.30. The lowest BCUT2D eigenvalue weighted by Crippen LogP contribution is -2.46. The van der Waals surface area contributed by atoms with Crippen LogP contribution in [0.5, 0.6) is 0 Å². The number of anilines is 1. The average molecular weight is 277 g/mol. The molecule has 5 nitrogen and oxygen atoms in total. The van der Waals surface area contributed by atoms with Crippen LogP contribution >= 0.6 is 0 Å². The number of nitrogens with one attached hydrogen (secondary N) is 2. The van der Waals surface area contributed by atoms with Crippen molar-refractivity contribution in [2.24, 2.45) is 5.16 Å². The summed E-state index contributed by atoms with van der Waals surface area (Å²) in [6, 6.07) is 5.78. The SMILES string of the molecule is O=C(Nc1cccc(F)c1)C1=NO[C@]2(CCCNC2)C1. The minimum absolute atomic E-state index is 0.335. The van der Waals surface area contributed by atoms with E-state index < -0.39 is 0 Å². The van der Waals surface area contributed by atoms with Crippen LogP contribution in [-0.4, -0.2) is 30.3 Å². The van der Waals surface area contributed by atoms with Gasteiger partial charge in [0.1, 0.15) is 11.5 Å². The van der Waals surface area contributed by atoms with Crippen LogP contribution in [-0.2, 0) is 9.63 Å². The molecule has 0 aliphatic carbocycles. The van der Waals surface area contributed by atoms with Gasteiger partial charge in [-0.15, -0.1) is 0 Å². The van der Waals surface area contributed by atoms with E-state index in [0.29, 0.717) is 24.4 Å². The van der Waals surface area contributed by atoms with E-state index >= 15 is 0 Å². The van der Waals surface area contributed by atoms with Gasteiger partial charge >= 0.3 is 0 Å². The highest BCUT2D eigenvalue weighted by atomic mass is 19.1. The van der Waals surface area contributed by atoms with Gasteiger partial charge in [0, 0.05) is 18.7 Å². The van der Waals surface area contributed by atoms with Gasteiger partial charge in [0.25, 0.3) is 5.91 Å². The Morgan fingerprint density at radius 2 is 2.40 bits per heavy atom. The van der Waals surface area contributed by atoms with Crippen molar-refractivity contribution in [3.63, 3.8) is 0 Å². The van der Waals surface area contributed by atoms with Crippen molar-refractivity contribution in [3.8, 4) is 0 Å². The third-order valence-electron chi connectivity index (χ3n) is 3.62. The van der Waals surface area contributed by atoms with Crippen molar-refractivity contribution in [1.29, 1.82) is 0 Å². The molecule has 2 N–H and O–H groups in total. The molecule has 0 radical (unpaired) electrons. The number of piperidine rings is 1. The van der Waals surface area contributed by atoms with E-state index in [1.807, 2.05) is 0 Å². The molecule has 2 aliphatic heterocycles. The normalized spacial score (nSPS) is 25.1. The summed E-state index contributed by atoms with van der Waals surface area (Å²) in [6.07, 6.45) is 2.38. The summed E-state index contributed by atoms with van der Waals surface area (Å²) in [4.78, 5) is 17.6. The van der Waals surface area contributed by atoms with E-state index in [1.165, 1.54) is 12.1 Å². The molecule has 1 atom stereocenters. The highest BCUT2D eigenvalue weighted by Gasteiger charge is 2.42. The van der Waals surface area contributed by atoms with E-state index in [-0.39, 0.29) is 17.3 Å². The summed E-state index contributed by atoms with van der Waals surface area (Å²) < 4.78 is 13.1. The second-order valence-corrected chi connectivity index (χ2v) is 5.23. The molecule has 1 fully saturated rings. The third-order valence-corrected chi connectivity index (χ3v) is 3.62. The molecule has 1 amide bonds. The maximum atomic E-state index is 13.1. The Labute approximate surface area is 116 Å². The molecule has 3 rings (SSSR count). The molecule has 1 aromatic rings. The first kappa shape index (κ1) is 13.1. The Kier molecular flexibility index (Phi) is 3.40. The minimum Gasteiger partial charge on any atom is -0.387 e. The Morgan fingerprint density at radius 1 is 1.50 bits per heavy atom. The molecule has 0 unspecified atom stereocenters. The van der Waals surface area contributed by atoms with Crippen LogP contribution < -0.4 is 10.6 Å². The van der Waals surface area contributed by atoms with Gasteiger partial charge in [-0.1, -0.05) is 11.2 Å². The first-order chi connectivity index (χ1) is 9.67. The van der Waals surface area contributed by atoms with Crippen LogP contribution in [0, 0.1) is 5.82 Å². The average Bonchev–Trinajstić information content (AvgIpc) is 2.83. The van der Waals surface area contributed by atoms with E-state index in [9.17, 15) is 9.18 Å². The van der Waals surface area contributed by atoms with Gasteiger partial charge in [-0.3, -0.25) is 4.79 Å². The number of amides is 1. The van der Waals surface area contributed by atoms with Crippen LogP contribution in [0.3, 0.4) is 0 Å². The highest BCUT2D eigenvalue weighted by molar-refractivity contribution is 6.43. The van der Waals surface area contributed by atoms with Gasteiger partial charge in [0.05, 0.1) is 0 Å². The number of nitrogens with zero attached hydrogens (tertiary/aromatic N) is 1.